The molecular weight excluding hydrogens is 319 g/mol. The highest BCUT2D eigenvalue weighted by molar-refractivity contribution is 6.29. The Labute approximate surface area is 128 Å². The molecule has 0 bridgehead atoms. The fraction of sp³-hybridized carbons (Fsp3) is 0.143. The summed E-state index contributed by atoms with van der Waals surface area (Å²) >= 11 is 5.74. The molecule has 0 fully saturated rings. The van der Waals surface area contributed by atoms with Crippen molar-refractivity contribution in [1.29, 1.82) is 0 Å². The molecule has 3 rings (SSSR count). The molecule has 0 radical (unpaired) electrons. The zero-order valence-corrected chi connectivity index (χ0v) is 12.0. The Morgan fingerprint density at radius 2 is 1.86 bits per heavy atom. The van der Waals surface area contributed by atoms with E-state index in [1.54, 1.807) is 12.1 Å². The lowest BCUT2D eigenvalue weighted by Gasteiger charge is -2.07. The number of nitrogens with zero attached hydrogens (tertiary/aromatic N) is 3. The number of alkyl halides is 3. The molecule has 114 valence electrons. The molecule has 8 heteroatoms. The van der Waals surface area contributed by atoms with Crippen LogP contribution in [0.2, 0.25) is 5.15 Å². The van der Waals surface area contributed by atoms with Gasteiger partial charge in [-0.3, -0.25) is 4.68 Å². The summed E-state index contributed by atoms with van der Waals surface area (Å²) in [5.74, 6) is 0.644. The molecule has 1 aromatic carbocycles. The Morgan fingerprint density at radius 3 is 2.55 bits per heavy atom. The van der Waals surface area contributed by atoms with Crippen LogP contribution in [0, 0.1) is 0 Å². The zero-order valence-electron chi connectivity index (χ0n) is 11.2. The molecule has 0 N–H and O–H groups in total. The van der Waals surface area contributed by atoms with E-state index < -0.39 is 11.9 Å². The molecule has 0 saturated heterocycles. The Morgan fingerprint density at radius 1 is 1.14 bits per heavy atom. The summed E-state index contributed by atoms with van der Waals surface area (Å²) in [6, 6.07) is 7.43. The molecular formula is C14H9ClF3N3O. The maximum absolute atomic E-state index is 13.0. The van der Waals surface area contributed by atoms with Gasteiger partial charge in [-0.15, -0.1) is 0 Å². The minimum absolute atomic E-state index is 0.0207. The predicted molar refractivity (Wildman–Crippen MR) is 75.0 cm³/mol. The van der Waals surface area contributed by atoms with Crippen LogP contribution in [0.5, 0.6) is 11.5 Å². The predicted octanol–water partition coefficient (Wildman–Crippen LogP) is 4.43. The normalized spacial score (nSPS) is 11.9. The van der Waals surface area contributed by atoms with Gasteiger partial charge in [-0.25, -0.2) is 4.98 Å². The number of hydrogen-bond acceptors (Lipinski definition) is 3. The van der Waals surface area contributed by atoms with Crippen molar-refractivity contribution in [3.8, 4) is 11.5 Å². The van der Waals surface area contributed by atoms with E-state index >= 15 is 0 Å². The summed E-state index contributed by atoms with van der Waals surface area (Å²) in [5.41, 5.74) is -0.573. The number of ether oxygens (including phenoxy) is 1. The van der Waals surface area contributed by atoms with Crippen molar-refractivity contribution in [1.82, 2.24) is 14.8 Å². The first-order chi connectivity index (χ1) is 10.3. The first-order valence-electron chi connectivity index (χ1n) is 6.18. The summed E-state index contributed by atoms with van der Waals surface area (Å²) in [5, 5.41) is 3.74. The van der Waals surface area contributed by atoms with Crippen molar-refractivity contribution in [2.45, 2.75) is 6.18 Å². The van der Waals surface area contributed by atoms with Crippen LogP contribution >= 0.6 is 11.6 Å². The topological polar surface area (TPSA) is 39.9 Å². The first kappa shape index (κ1) is 14.6. The second-order valence-corrected chi connectivity index (χ2v) is 4.95. The third-order valence-electron chi connectivity index (χ3n) is 3.02. The monoisotopic (exact) mass is 327 g/mol. The molecule has 0 amide bonds. The second-order valence-electron chi connectivity index (χ2n) is 4.57. The lowest BCUT2D eigenvalue weighted by atomic mass is 10.2. The van der Waals surface area contributed by atoms with Gasteiger partial charge in [-0.2, -0.15) is 18.3 Å². The fourth-order valence-corrected chi connectivity index (χ4v) is 2.27. The lowest BCUT2D eigenvalue weighted by Crippen LogP contribution is -2.07. The van der Waals surface area contributed by atoms with Crippen LogP contribution < -0.4 is 4.74 Å². The highest BCUT2D eigenvalue weighted by Crippen LogP contribution is 2.36. The van der Waals surface area contributed by atoms with Gasteiger partial charge < -0.3 is 4.74 Å². The molecule has 0 spiro atoms. The number of aryl methyl sites for hydroxylation is 1. The molecule has 0 saturated carbocycles. The van der Waals surface area contributed by atoms with E-state index in [2.05, 4.69) is 10.1 Å². The SMILES string of the molecule is Cn1nc(C(F)(F)F)c2cc(Oc3ccnc(Cl)c3)ccc21. The summed E-state index contributed by atoms with van der Waals surface area (Å²) < 4.78 is 45.7. The summed E-state index contributed by atoms with van der Waals surface area (Å²) in [6.45, 7) is 0. The third kappa shape index (κ3) is 2.71. The van der Waals surface area contributed by atoms with E-state index in [9.17, 15) is 13.2 Å². The standard InChI is InChI=1S/C14H9ClF3N3O/c1-21-11-3-2-8(22-9-4-5-19-12(15)7-9)6-10(11)13(20-21)14(16,17)18/h2-7H,1H3. The van der Waals surface area contributed by atoms with Gasteiger partial charge in [0, 0.05) is 24.7 Å². The Bertz CT molecular complexity index is 845. The summed E-state index contributed by atoms with van der Waals surface area (Å²) in [4.78, 5) is 3.80. The number of hydrogen-bond donors (Lipinski definition) is 0. The lowest BCUT2D eigenvalue weighted by molar-refractivity contribution is -0.140. The number of benzene rings is 1. The van der Waals surface area contributed by atoms with Crippen molar-refractivity contribution in [2.75, 3.05) is 0 Å². The molecule has 0 aliphatic rings. The molecule has 3 aromatic rings. The Hall–Kier alpha value is -2.28. The van der Waals surface area contributed by atoms with E-state index in [4.69, 9.17) is 16.3 Å². The molecule has 0 atom stereocenters. The van der Waals surface area contributed by atoms with Gasteiger partial charge in [-0.1, -0.05) is 11.6 Å². The van der Waals surface area contributed by atoms with Crippen LogP contribution in [0.15, 0.2) is 36.5 Å². The number of aromatic nitrogens is 3. The van der Waals surface area contributed by atoms with Gasteiger partial charge in [0.2, 0.25) is 0 Å². The van der Waals surface area contributed by atoms with E-state index in [1.807, 2.05) is 0 Å². The van der Waals surface area contributed by atoms with E-state index in [1.165, 1.54) is 36.1 Å². The van der Waals surface area contributed by atoms with Gasteiger partial charge in [0.1, 0.15) is 16.7 Å². The van der Waals surface area contributed by atoms with Crippen molar-refractivity contribution in [3.05, 3.63) is 47.4 Å². The smallest absolute Gasteiger partial charge is 0.435 e. The second kappa shape index (κ2) is 5.17. The van der Waals surface area contributed by atoms with Crippen LogP contribution in [0.3, 0.4) is 0 Å². The van der Waals surface area contributed by atoms with Crippen LogP contribution in [0.25, 0.3) is 10.9 Å². The first-order valence-corrected chi connectivity index (χ1v) is 6.56. The largest absolute Gasteiger partial charge is 0.457 e. The quantitative estimate of drug-likeness (QED) is 0.654. The van der Waals surface area contributed by atoms with E-state index in [0.29, 0.717) is 11.3 Å². The molecule has 2 heterocycles. The Kier molecular flexibility index (Phi) is 3.44. The average Bonchev–Trinajstić information content (AvgIpc) is 2.76. The number of fused-ring (bicyclic) bond motifs is 1. The molecule has 4 nitrogen and oxygen atoms in total. The van der Waals surface area contributed by atoms with Crippen LogP contribution in [0.4, 0.5) is 13.2 Å². The zero-order chi connectivity index (χ0) is 15.9. The van der Waals surface area contributed by atoms with Gasteiger partial charge in [-0.05, 0) is 24.3 Å². The van der Waals surface area contributed by atoms with Crippen LogP contribution in [0.1, 0.15) is 5.69 Å². The number of pyridine rings is 1. The van der Waals surface area contributed by atoms with Crippen molar-refractivity contribution >= 4 is 22.5 Å². The summed E-state index contributed by atoms with van der Waals surface area (Å²) in [6.07, 6.45) is -3.08. The molecule has 22 heavy (non-hydrogen) atoms. The highest BCUT2D eigenvalue weighted by Gasteiger charge is 2.36. The number of rotatable bonds is 2. The van der Waals surface area contributed by atoms with Gasteiger partial charge in [0.15, 0.2) is 5.69 Å². The molecule has 2 aromatic heterocycles. The van der Waals surface area contributed by atoms with Gasteiger partial charge in [0.05, 0.1) is 5.52 Å². The average molecular weight is 328 g/mol. The van der Waals surface area contributed by atoms with Crippen molar-refractivity contribution < 1.29 is 17.9 Å². The van der Waals surface area contributed by atoms with E-state index in [-0.39, 0.29) is 16.3 Å². The van der Waals surface area contributed by atoms with Gasteiger partial charge in [0.25, 0.3) is 0 Å². The van der Waals surface area contributed by atoms with E-state index in [0.717, 1.165) is 0 Å². The van der Waals surface area contributed by atoms with Crippen LogP contribution in [-0.2, 0) is 13.2 Å². The minimum Gasteiger partial charge on any atom is -0.457 e. The van der Waals surface area contributed by atoms with Gasteiger partial charge >= 0.3 is 6.18 Å². The highest BCUT2D eigenvalue weighted by atomic mass is 35.5. The van der Waals surface area contributed by atoms with Crippen molar-refractivity contribution in [3.63, 3.8) is 0 Å². The molecule has 0 aliphatic carbocycles. The fourth-order valence-electron chi connectivity index (χ4n) is 2.10. The van der Waals surface area contributed by atoms with Crippen molar-refractivity contribution in [2.24, 2.45) is 7.05 Å². The molecule has 0 aliphatic heterocycles. The van der Waals surface area contributed by atoms with Crippen LogP contribution in [-0.4, -0.2) is 14.8 Å². The maximum atomic E-state index is 13.0. The minimum atomic E-state index is -4.53. The Balaban J connectivity index is 2.05. The number of halogens is 4. The molecule has 0 unspecified atom stereocenters. The third-order valence-corrected chi connectivity index (χ3v) is 3.23. The maximum Gasteiger partial charge on any atom is 0.435 e. The summed E-state index contributed by atoms with van der Waals surface area (Å²) in [7, 11) is 1.46.